The number of benzene rings is 1. The molecule has 2 rings (SSSR count). The Morgan fingerprint density at radius 2 is 2.15 bits per heavy atom. The molecule has 0 amide bonds. The topological polar surface area (TPSA) is 66.0 Å². The maximum Gasteiger partial charge on any atom is 0.191 e. The number of para-hydroxylation sites is 1. The third-order valence-corrected chi connectivity index (χ3v) is 3.63. The number of nitrogens with zero attached hydrogens (tertiary/aromatic N) is 3. The van der Waals surface area contributed by atoms with Gasteiger partial charge in [-0.25, -0.2) is 4.39 Å². The van der Waals surface area contributed by atoms with Crippen LogP contribution in [0.4, 0.5) is 4.39 Å². The first-order valence-electron chi connectivity index (χ1n) is 6.38. The lowest BCUT2D eigenvalue weighted by Gasteiger charge is -2.07. The average Bonchev–Trinajstić information content (AvgIpc) is 2.87. The van der Waals surface area contributed by atoms with Crippen molar-refractivity contribution in [2.45, 2.75) is 25.2 Å². The van der Waals surface area contributed by atoms with Gasteiger partial charge in [0.05, 0.1) is 13.2 Å². The van der Waals surface area contributed by atoms with Crippen molar-refractivity contribution in [3.05, 3.63) is 35.9 Å². The van der Waals surface area contributed by atoms with E-state index in [1.807, 2.05) is 11.5 Å². The molecule has 2 aromatic rings. The summed E-state index contributed by atoms with van der Waals surface area (Å²) in [5.74, 6) is 1.36. The maximum absolute atomic E-state index is 13.3. The summed E-state index contributed by atoms with van der Waals surface area (Å²) in [6.07, 6.45) is 0. The van der Waals surface area contributed by atoms with Crippen LogP contribution < -0.4 is 10.5 Å². The summed E-state index contributed by atoms with van der Waals surface area (Å²) in [5, 5.41) is 8.92. The molecule has 0 spiro atoms. The van der Waals surface area contributed by atoms with Crippen LogP contribution in [0.2, 0.25) is 0 Å². The third-order valence-electron chi connectivity index (χ3n) is 2.70. The highest BCUT2D eigenvalue weighted by atomic mass is 32.2. The van der Waals surface area contributed by atoms with Crippen LogP contribution in [0.5, 0.6) is 5.75 Å². The van der Waals surface area contributed by atoms with Gasteiger partial charge in [-0.1, -0.05) is 23.9 Å². The molecule has 0 bridgehead atoms. The number of rotatable bonds is 7. The molecule has 0 aliphatic carbocycles. The Morgan fingerprint density at radius 3 is 2.85 bits per heavy atom. The number of ether oxygens (including phenoxy) is 1. The van der Waals surface area contributed by atoms with Crippen LogP contribution in [-0.2, 0) is 13.1 Å². The van der Waals surface area contributed by atoms with Gasteiger partial charge in [0.15, 0.2) is 16.7 Å². The molecule has 0 fully saturated rings. The molecule has 0 saturated carbocycles. The fourth-order valence-electron chi connectivity index (χ4n) is 1.74. The Hall–Kier alpha value is -1.60. The minimum Gasteiger partial charge on any atom is -0.490 e. The predicted molar refractivity (Wildman–Crippen MR) is 76.2 cm³/mol. The lowest BCUT2D eigenvalue weighted by Crippen LogP contribution is -2.08. The molecule has 2 N–H and O–H groups in total. The number of hydrogen-bond donors (Lipinski definition) is 1. The van der Waals surface area contributed by atoms with E-state index in [0.717, 1.165) is 17.5 Å². The van der Waals surface area contributed by atoms with Gasteiger partial charge in [0.25, 0.3) is 0 Å². The van der Waals surface area contributed by atoms with Crippen molar-refractivity contribution >= 4 is 11.8 Å². The SMILES string of the molecule is CCn1c(CN)nnc1SCCOc1ccccc1F. The molecule has 1 heterocycles. The lowest BCUT2D eigenvalue weighted by molar-refractivity contribution is 0.325. The predicted octanol–water partition coefficient (Wildman–Crippen LogP) is 2.07. The smallest absolute Gasteiger partial charge is 0.191 e. The molecule has 20 heavy (non-hydrogen) atoms. The van der Waals surface area contributed by atoms with Crippen molar-refractivity contribution in [1.82, 2.24) is 14.8 Å². The summed E-state index contributed by atoms with van der Waals surface area (Å²) >= 11 is 1.52. The molecule has 5 nitrogen and oxygen atoms in total. The summed E-state index contributed by atoms with van der Waals surface area (Å²) in [4.78, 5) is 0. The Morgan fingerprint density at radius 1 is 1.35 bits per heavy atom. The molecular weight excluding hydrogens is 279 g/mol. The van der Waals surface area contributed by atoms with Crippen LogP contribution in [0, 0.1) is 5.82 Å². The van der Waals surface area contributed by atoms with Gasteiger partial charge in [0.1, 0.15) is 5.82 Å². The largest absolute Gasteiger partial charge is 0.490 e. The molecule has 7 heteroatoms. The van der Waals surface area contributed by atoms with Gasteiger partial charge in [-0.2, -0.15) is 0 Å². The van der Waals surface area contributed by atoms with Gasteiger partial charge in [0.2, 0.25) is 0 Å². The van der Waals surface area contributed by atoms with E-state index in [2.05, 4.69) is 10.2 Å². The minimum absolute atomic E-state index is 0.271. The summed E-state index contributed by atoms with van der Waals surface area (Å²) < 4.78 is 20.7. The summed E-state index contributed by atoms with van der Waals surface area (Å²) in [6, 6.07) is 6.37. The first-order chi connectivity index (χ1) is 9.76. The number of aromatic nitrogens is 3. The van der Waals surface area contributed by atoms with E-state index in [1.165, 1.54) is 17.8 Å². The highest BCUT2D eigenvalue weighted by molar-refractivity contribution is 7.99. The average molecular weight is 296 g/mol. The molecule has 0 atom stereocenters. The van der Waals surface area contributed by atoms with E-state index in [1.54, 1.807) is 18.2 Å². The second kappa shape index (κ2) is 7.25. The normalized spacial score (nSPS) is 10.8. The van der Waals surface area contributed by atoms with E-state index in [-0.39, 0.29) is 11.6 Å². The highest BCUT2D eigenvalue weighted by Gasteiger charge is 2.09. The molecule has 0 saturated heterocycles. The van der Waals surface area contributed by atoms with Crippen molar-refractivity contribution in [3.63, 3.8) is 0 Å². The van der Waals surface area contributed by atoms with E-state index in [0.29, 0.717) is 18.9 Å². The summed E-state index contributed by atoms with van der Waals surface area (Å²) in [5.41, 5.74) is 5.59. The van der Waals surface area contributed by atoms with Gasteiger partial charge in [-0.15, -0.1) is 10.2 Å². The van der Waals surface area contributed by atoms with E-state index < -0.39 is 0 Å². The summed E-state index contributed by atoms with van der Waals surface area (Å²) in [7, 11) is 0. The molecular formula is C13H17FN4OS. The first-order valence-corrected chi connectivity index (χ1v) is 7.37. The van der Waals surface area contributed by atoms with Crippen LogP contribution in [-0.4, -0.2) is 27.1 Å². The van der Waals surface area contributed by atoms with E-state index >= 15 is 0 Å². The Balaban J connectivity index is 1.85. The standard InChI is InChI=1S/C13H17FN4OS/c1-2-18-12(9-15)16-17-13(18)20-8-7-19-11-6-4-3-5-10(11)14/h3-6H,2,7-9,15H2,1H3. The number of nitrogens with two attached hydrogens (primary N) is 1. The molecule has 1 aromatic carbocycles. The quantitative estimate of drug-likeness (QED) is 0.626. The molecule has 0 unspecified atom stereocenters. The number of thioether (sulfide) groups is 1. The van der Waals surface area contributed by atoms with Crippen LogP contribution in [0.25, 0.3) is 0 Å². The van der Waals surface area contributed by atoms with E-state index in [9.17, 15) is 4.39 Å². The van der Waals surface area contributed by atoms with Gasteiger partial charge in [-0.3, -0.25) is 0 Å². The maximum atomic E-state index is 13.3. The van der Waals surface area contributed by atoms with Crippen molar-refractivity contribution in [3.8, 4) is 5.75 Å². The molecule has 0 radical (unpaired) electrons. The zero-order valence-corrected chi connectivity index (χ0v) is 12.1. The number of hydrogen-bond acceptors (Lipinski definition) is 5. The van der Waals surface area contributed by atoms with Gasteiger partial charge >= 0.3 is 0 Å². The molecule has 0 aliphatic rings. The Labute approximate surface area is 121 Å². The second-order valence-electron chi connectivity index (χ2n) is 3.97. The Kier molecular flexibility index (Phi) is 5.37. The van der Waals surface area contributed by atoms with Gasteiger partial charge in [0, 0.05) is 12.3 Å². The molecule has 108 valence electrons. The zero-order chi connectivity index (χ0) is 14.4. The molecule has 1 aromatic heterocycles. The number of halogens is 1. The van der Waals surface area contributed by atoms with Crippen molar-refractivity contribution in [2.24, 2.45) is 5.73 Å². The molecule has 0 aliphatic heterocycles. The monoisotopic (exact) mass is 296 g/mol. The van der Waals surface area contributed by atoms with Crippen molar-refractivity contribution < 1.29 is 9.13 Å². The lowest BCUT2D eigenvalue weighted by atomic mass is 10.3. The second-order valence-corrected chi connectivity index (χ2v) is 5.04. The summed E-state index contributed by atoms with van der Waals surface area (Å²) in [6.45, 7) is 3.56. The van der Waals surface area contributed by atoms with Gasteiger partial charge in [-0.05, 0) is 19.1 Å². The fourth-order valence-corrected chi connectivity index (χ4v) is 2.58. The fraction of sp³-hybridized carbons (Fsp3) is 0.385. The first kappa shape index (κ1) is 14.8. The highest BCUT2D eigenvalue weighted by Crippen LogP contribution is 2.19. The van der Waals surface area contributed by atoms with Crippen molar-refractivity contribution in [2.75, 3.05) is 12.4 Å². The van der Waals surface area contributed by atoms with Crippen LogP contribution >= 0.6 is 11.8 Å². The van der Waals surface area contributed by atoms with Crippen LogP contribution in [0.3, 0.4) is 0 Å². The minimum atomic E-state index is -0.348. The van der Waals surface area contributed by atoms with Crippen LogP contribution in [0.15, 0.2) is 29.4 Å². The van der Waals surface area contributed by atoms with Gasteiger partial charge < -0.3 is 15.0 Å². The van der Waals surface area contributed by atoms with Crippen molar-refractivity contribution in [1.29, 1.82) is 0 Å². The Bertz CT molecular complexity index is 561. The third kappa shape index (κ3) is 3.49. The van der Waals surface area contributed by atoms with Crippen LogP contribution in [0.1, 0.15) is 12.7 Å². The van der Waals surface area contributed by atoms with E-state index in [4.69, 9.17) is 10.5 Å². The zero-order valence-electron chi connectivity index (χ0n) is 11.3.